The Morgan fingerprint density at radius 3 is 2.84 bits per heavy atom. The van der Waals surface area contributed by atoms with Gasteiger partial charge in [-0.05, 0) is 59.8 Å². The number of aryl methyl sites for hydroxylation is 1. The molecule has 2 aromatic rings. The normalized spacial score (nSPS) is 23.8. The van der Waals surface area contributed by atoms with Crippen LogP contribution in [-0.4, -0.2) is 17.9 Å². The molecule has 1 aromatic heterocycles. The second kappa shape index (κ2) is 5.69. The van der Waals surface area contributed by atoms with Crippen LogP contribution < -0.4 is 5.32 Å². The molecular weight excluding hydrogens is 308 g/mol. The number of fused-ring (bicyclic) bond motifs is 2. The molecule has 0 aliphatic heterocycles. The van der Waals surface area contributed by atoms with Crippen LogP contribution in [0.2, 0.25) is 0 Å². The van der Waals surface area contributed by atoms with Crippen molar-refractivity contribution in [2.45, 2.75) is 40.0 Å². The molecule has 25 heavy (non-hydrogen) atoms. The van der Waals surface area contributed by atoms with Gasteiger partial charge in [-0.3, -0.25) is 4.79 Å². The zero-order valence-corrected chi connectivity index (χ0v) is 15.5. The molecule has 1 saturated carbocycles. The molecule has 1 fully saturated rings. The van der Waals surface area contributed by atoms with E-state index in [2.05, 4.69) is 44.3 Å². The Labute approximate surface area is 149 Å². The van der Waals surface area contributed by atoms with E-state index in [9.17, 15) is 4.79 Å². The van der Waals surface area contributed by atoms with Gasteiger partial charge in [-0.25, -0.2) is 4.98 Å². The summed E-state index contributed by atoms with van der Waals surface area (Å²) < 4.78 is 0. The average Bonchev–Trinajstić information content (AvgIpc) is 2.62. The van der Waals surface area contributed by atoms with E-state index < -0.39 is 0 Å². The van der Waals surface area contributed by atoms with Crippen LogP contribution in [0.15, 0.2) is 30.3 Å². The number of para-hydroxylation sites is 1. The highest BCUT2D eigenvalue weighted by molar-refractivity contribution is 5.90. The Morgan fingerprint density at radius 2 is 2.16 bits per heavy atom. The minimum absolute atomic E-state index is 0.0252. The molecular formula is C22H26N2O. The minimum Gasteiger partial charge on any atom is -0.359 e. The Kier molecular flexibility index (Phi) is 3.71. The number of carbonyl (C=O) groups is 1. The maximum Gasteiger partial charge on any atom is 0.224 e. The van der Waals surface area contributed by atoms with Gasteiger partial charge in [-0.15, -0.1) is 0 Å². The zero-order chi connectivity index (χ0) is 17.8. The number of pyridine rings is 1. The predicted octanol–water partition coefficient (Wildman–Crippen LogP) is 4.28. The first-order valence-electron chi connectivity index (χ1n) is 9.22. The van der Waals surface area contributed by atoms with E-state index in [0.29, 0.717) is 17.8 Å². The summed E-state index contributed by atoms with van der Waals surface area (Å²) in [6.45, 7) is 6.93. The number of allylic oxidation sites excluding steroid dienone is 2. The second-order valence-electron chi connectivity index (χ2n) is 8.19. The first-order chi connectivity index (χ1) is 11.9. The number of hydrogen-bond acceptors (Lipinski definition) is 2. The third-order valence-corrected chi connectivity index (χ3v) is 6.52. The topological polar surface area (TPSA) is 42.0 Å². The van der Waals surface area contributed by atoms with Gasteiger partial charge < -0.3 is 5.32 Å². The number of likely N-dealkylation sites (N-methyl/N-ethyl adjacent to an activating group) is 1. The minimum atomic E-state index is 0.0252. The summed E-state index contributed by atoms with van der Waals surface area (Å²) in [6, 6.07) is 8.38. The molecule has 130 valence electrons. The van der Waals surface area contributed by atoms with Crippen molar-refractivity contribution in [2.24, 2.45) is 17.3 Å². The van der Waals surface area contributed by atoms with Gasteiger partial charge in [-0.1, -0.05) is 38.1 Å². The van der Waals surface area contributed by atoms with Crippen LogP contribution in [0.5, 0.6) is 0 Å². The van der Waals surface area contributed by atoms with Crippen LogP contribution in [0.1, 0.15) is 43.5 Å². The van der Waals surface area contributed by atoms with Gasteiger partial charge in [0.15, 0.2) is 0 Å². The first kappa shape index (κ1) is 16.3. The first-order valence-corrected chi connectivity index (χ1v) is 9.22. The molecule has 0 radical (unpaired) electrons. The van der Waals surface area contributed by atoms with E-state index >= 15 is 0 Å². The Morgan fingerprint density at radius 1 is 1.36 bits per heavy atom. The van der Waals surface area contributed by atoms with E-state index in [1.165, 1.54) is 17.6 Å². The molecule has 3 aliphatic rings. The van der Waals surface area contributed by atoms with Crippen LogP contribution in [0.25, 0.3) is 16.5 Å². The van der Waals surface area contributed by atoms with E-state index in [-0.39, 0.29) is 5.91 Å². The third kappa shape index (κ3) is 2.48. The summed E-state index contributed by atoms with van der Waals surface area (Å²) in [7, 11) is 1.68. The maximum absolute atomic E-state index is 11.9. The number of nitrogens with zero attached hydrogens (tertiary/aromatic N) is 1. The van der Waals surface area contributed by atoms with Crippen molar-refractivity contribution in [3.8, 4) is 0 Å². The van der Waals surface area contributed by atoms with Gasteiger partial charge in [0.25, 0.3) is 0 Å². The molecule has 1 heterocycles. The number of aromatic nitrogens is 1. The quantitative estimate of drug-likeness (QED) is 0.910. The maximum atomic E-state index is 11.9. The van der Waals surface area contributed by atoms with Gasteiger partial charge >= 0.3 is 0 Å². The Balaban J connectivity index is 1.82. The third-order valence-electron chi connectivity index (χ3n) is 6.52. The average molecular weight is 334 g/mol. The lowest BCUT2D eigenvalue weighted by Gasteiger charge is -2.56. The molecule has 3 nitrogen and oxygen atoms in total. The van der Waals surface area contributed by atoms with Crippen LogP contribution in [0.3, 0.4) is 0 Å². The molecule has 1 N–H and O–H groups in total. The second-order valence-corrected chi connectivity index (χ2v) is 8.19. The lowest BCUT2D eigenvalue weighted by atomic mass is 9.48. The highest BCUT2D eigenvalue weighted by Crippen LogP contribution is 2.61. The molecule has 1 aromatic carbocycles. The fourth-order valence-electron chi connectivity index (χ4n) is 4.67. The van der Waals surface area contributed by atoms with Crippen molar-refractivity contribution in [1.29, 1.82) is 0 Å². The van der Waals surface area contributed by atoms with Crippen molar-refractivity contribution in [2.75, 3.05) is 7.05 Å². The van der Waals surface area contributed by atoms with Gasteiger partial charge in [0.05, 0.1) is 17.6 Å². The molecule has 3 heteroatoms. The summed E-state index contributed by atoms with van der Waals surface area (Å²) >= 11 is 0. The highest BCUT2D eigenvalue weighted by atomic mass is 16.1. The van der Waals surface area contributed by atoms with Crippen molar-refractivity contribution >= 4 is 22.4 Å². The van der Waals surface area contributed by atoms with E-state index in [1.807, 2.05) is 12.1 Å². The number of rotatable bonds is 3. The summed E-state index contributed by atoms with van der Waals surface area (Å²) in [5.41, 5.74) is 6.11. The molecule has 0 unspecified atom stereocenters. The molecule has 5 rings (SSSR count). The number of amides is 1. The molecule has 2 atom stereocenters. The largest absolute Gasteiger partial charge is 0.359 e. The highest BCUT2D eigenvalue weighted by Gasteiger charge is 2.51. The van der Waals surface area contributed by atoms with Crippen molar-refractivity contribution in [3.05, 3.63) is 47.2 Å². The fraction of sp³-hybridized carbons (Fsp3) is 0.455. The number of benzene rings is 1. The van der Waals surface area contributed by atoms with E-state index in [0.717, 1.165) is 34.5 Å². The van der Waals surface area contributed by atoms with Crippen LogP contribution in [0.4, 0.5) is 0 Å². The fourth-order valence-corrected chi connectivity index (χ4v) is 4.67. The standard InChI is InChI=1S/C22H26N2O/c1-13-10-19(17-9-8-15-12-18(17)22(15,2)3)24-21-14(11-20(25)23-4)6-5-7-16(13)21/h5-7,9-10,15,18H,8,11-12H2,1-4H3,(H,23,25)/t15-,18-/m0/s1. The van der Waals surface area contributed by atoms with Crippen molar-refractivity contribution in [1.82, 2.24) is 10.3 Å². The lowest BCUT2D eigenvalue weighted by Crippen LogP contribution is -2.47. The van der Waals surface area contributed by atoms with Gasteiger partial charge in [0.2, 0.25) is 5.91 Å². The number of nitrogens with one attached hydrogen (secondary N) is 1. The molecule has 1 amide bonds. The van der Waals surface area contributed by atoms with Crippen LogP contribution in [0, 0.1) is 24.2 Å². The lowest BCUT2D eigenvalue weighted by molar-refractivity contribution is -0.119. The summed E-state index contributed by atoms with van der Waals surface area (Å²) in [5, 5.41) is 3.86. The van der Waals surface area contributed by atoms with Gasteiger partial charge in [0, 0.05) is 12.4 Å². The molecule has 0 spiro atoms. The van der Waals surface area contributed by atoms with E-state index in [4.69, 9.17) is 4.98 Å². The number of hydrogen-bond donors (Lipinski definition) is 1. The molecule has 3 aliphatic carbocycles. The van der Waals surface area contributed by atoms with Gasteiger partial charge in [0.1, 0.15) is 0 Å². The predicted molar refractivity (Wildman–Crippen MR) is 102 cm³/mol. The van der Waals surface area contributed by atoms with Crippen molar-refractivity contribution < 1.29 is 4.79 Å². The summed E-state index contributed by atoms with van der Waals surface area (Å²) in [4.78, 5) is 16.9. The zero-order valence-electron chi connectivity index (χ0n) is 15.5. The number of carbonyl (C=O) groups excluding carboxylic acids is 1. The van der Waals surface area contributed by atoms with Crippen molar-refractivity contribution in [3.63, 3.8) is 0 Å². The molecule has 0 saturated heterocycles. The monoisotopic (exact) mass is 334 g/mol. The molecule has 2 bridgehead atoms. The Hall–Kier alpha value is -2.16. The van der Waals surface area contributed by atoms with E-state index in [1.54, 1.807) is 7.05 Å². The van der Waals surface area contributed by atoms with Crippen LogP contribution in [-0.2, 0) is 11.2 Å². The van der Waals surface area contributed by atoms with Crippen LogP contribution >= 0.6 is 0 Å². The summed E-state index contributed by atoms with van der Waals surface area (Å²) in [6.07, 6.45) is 5.23. The smallest absolute Gasteiger partial charge is 0.224 e. The SMILES string of the molecule is CNC(=O)Cc1cccc2c(C)cc(C3=CC[C@H]4C[C@@H]3C4(C)C)nc12. The Bertz CT molecular complexity index is 894. The summed E-state index contributed by atoms with van der Waals surface area (Å²) in [5.74, 6) is 1.46. The van der Waals surface area contributed by atoms with Gasteiger partial charge in [-0.2, -0.15) is 0 Å².